The molecule has 3 aliphatic rings. The highest BCUT2D eigenvalue weighted by Gasteiger charge is 2.31. The first-order valence-electron chi connectivity index (χ1n) is 10.4. The van der Waals surface area contributed by atoms with Gasteiger partial charge < -0.3 is 20.1 Å². The van der Waals surface area contributed by atoms with E-state index in [9.17, 15) is 4.79 Å². The second kappa shape index (κ2) is 9.89. The maximum Gasteiger partial charge on any atom is 0.225 e. The molecule has 2 N–H and O–H groups in total. The van der Waals surface area contributed by atoms with Crippen LogP contribution in [-0.2, 0) is 24.3 Å². The number of guanidine groups is 1. The zero-order valence-electron chi connectivity index (χ0n) is 16.7. The number of nitrogens with one attached hydrogen (secondary N) is 2. The lowest BCUT2D eigenvalue weighted by Gasteiger charge is -2.26. The molecule has 28 heavy (non-hydrogen) atoms. The zero-order valence-corrected chi connectivity index (χ0v) is 19.0. The minimum absolute atomic E-state index is 0. The van der Waals surface area contributed by atoms with Crippen molar-refractivity contribution in [2.24, 2.45) is 10.9 Å². The number of fused-ring (bicyclic) bond motifs is 1. The van der Waals surface area contributed by atoms with E-state index in [0.29, 0.717) is 12.5 Å². The van der Waals surface area contributed by atoms with Gasteiger partial charge in [0.05, 0.1) is 6.54 Å². The lowest BCUT2D eigenvalue weighted by atomic mass is 9.88. The number of carbonyl (C=O) groups is 1. The van der Waals surface area contributed by atoms with Gasteiger partial charge >= 0.3 is 0 Å². The third-order valence-corrected chi connectivity index (χ3v) is 6.12. The molecule has 0 spiro atoms. The molecule has 1 amide bonds. The maximum atomic E-state index is 12.7. The Morgan fingerprint density at radius 3 is 2.75 bits per heavy atom. The Bertz CT molecular complexity index is 698. The Morgan fingerprint density at radius 2 is 1.96 bits per heavy atom. The van der Waals surface area contributed by atoms with Gasteiger partial charge in [-0.05, 0) is 25.7 Å². The number of carbonyl (C=O) groups excluding carboxylic acids is 1. The van der Waals surface area contributed by atoms with Crippen LogP contribution in [-0.4, -0.2) is 57.7 Å². The number of aliphatic imine (C=N–C) groups is 1. The van der Waals surface area contributed by atoms with Crippen LogP contribution in [0.1, 0.15) is 56.6 Å². The maximum absolute atomic E-state index is 12.7. The van der Waals surface area contributed by atoms with E-state index in [1.807, 2.05) is 4.90 Å². The number of aromatic nitrogens is 3. The average Bonchev–Trinajstić information content (AvgIpc) is 3.43. The smallest absolute Gasteiger partial charge is 0.225 e. The summed E-state index contributed by atoms with van der Waals surface area (Å²) in [6.45, 7) is 3.24. The molecule has 2 fully saturated rings. The minimum Gasteiger partial charge on any atom is -0.352 e. The first-order chi connectivity index (χ1) is 13.2. The number of amides is 1. The van der Waals surface area contributed by atoms with Gasteiger partial charge in [-0.2, -0.15) is 0 Å². The molecule has 1 saturated heterocycles. The normalized spacial score (nSPS) is 22.7. The minimum atomic E-state index is 0. The van der Waals surface area contributed by atoms with Gasteiger partial charge in [-0.1, -0.05) is 19.3 Å². The van der Waals surface area contributed by atoms with Crippen LogP contribution in [0.3, 0.4) is 0 Å². The largest absolute Gasteiger partial charge is 0.352 e. The summed E-state index contributed by atoms with van der Waals surface area (Å²) in [7, 11) is 1.78. The van der Waals surface area contributed by atoms with Crippen LogP contribution in [0.4, 0.5) is 0 Å². The molecule has 1 aliphatic carbocycles. The van der Waals surface area contributed by atoms with Crippen LogP contribution in [0.2, 0.25) is 0 Å². The average molecular weight is 501 g/mol. The predicted molar refractivity (Wildman–Crippen MR) is 119 cm³/mol. The van der Waals surface area contributed by atoms with E-state index < -0.39 is 0 Å². The van der Waals surface area contributed by atoms with Crippen molar-refractivity contribution in [2.75, 3.05) is 20.1 Å². The molecular formula is C19H32IN7O. The molecule has 3 heterocycles. The molecule has 9 heteroatoms. The van der Waals surface area contributed by atoms with Crippen LogP contribution < -0.4 is 10.6 Å². The van der Waals surface area contributed by atoms with Gasteiger partial charge in [-0.25, -0.2) is 0 Å². The highest BCUT2D eigenvalue weighted by Crippen LogP contribution is 2.26. The summed E-state index contributed by atoms with van der Waals surface area (Å²) < 4.78 is 2.19. The summed E-state index contributed by atoms with van der Waals surface area (Å²) in [5.74, 6) is 3.43. The fourth-order valence-electron chi connectivity index (χ4n) is 4.58. The van der Waals surface area contributed by atoms with E-state index in [2.05, 4.69) is 30.4 Å². The van der Waals surface area contributed by atoms with Crippen molar-refractivity contribution in [1.29, 1.82) is 0 Å². The van der Waals surface area contributed by atoms with Crippen molar-refractivity contribution in [3.63, 3.8) is 0 Å². The van der Waals surface area contributed by atoms with Crippen molar-refractivity contribution in [2.45, 2.75) is 70.5 Å². The Labute approximate surface area is 184 Å². The summed E-state index contributed by atoms with van der Waals surface area (Å²) in [5.41, 5.74) is 0. The number of likely N-dealkylation sites (tertiary alicyclic amines) is 1. The summed E-state index contributed by atoms with van der Waals surface area (Å²) >= 11 is 0. The topological polar surface area (TPSA) is 87.4 Å². The van der Waals surface area contributed by atoms with E-state index in [1.54, 1.807) is 7.05 Å². The molecule has 1 saturated carbocycles. The standard InChI is InChI=1S/C19H31N7O.HI/c1-20-19(21-12-17-24-23-16-8-5-10-26(16)17)22-15-9-11-25(13-15)18(27)14-6-3-2-4-7-14;/h14-15H,2-13H2,1H3,(H2,20,21,22);1H. The Hall–Kier alpha value is -1.39. The molecule has 1 atom stereocenters. The van der Waals surface area contributed by atoms with E-state index >= 15 is 0 Å². The van der Waals surface area contributed by atoms with Crippen LogP contribution in [0.25, 0.3) is 0 Å². The first-order valence-corrected chi connectivity index (χ1v) is 10.4. The van der Waals surface area contributed by atoms with Crippen LogP contribution in [0.5, 0.6) is 0 Å². The molecular weight excluding hydrogens is 469 g/mol. The third-order valence-electron chi connectivity index (χ3n) is 6.12. The van der Waals surface area contributed by atoms with Gasteiger partial charge in [0, 0.05) is 45.1 Å². The highest BCUT2D eigenvalue weighted by molar-refractivity contribution is 14.0. The van der Waals surface area contributed by atoms with Crippen molar-refractivity contribution in [3.8, 4) is 0 Å². The van der Waals surface area contributed by atoms with Crippen molar-refractivity contribution in [3.05, 3.63) is 11.6 Å². The number of rotatable bonds is 4. The predicted octanol–water partition coefficient (Wildman–Crippen LogP) is 1.69. The van der Waals surface area contributed by atoms with Gasteiger partial charge in [-0.3, -0.25) is 9.79 Å². The monoisotopic (exact) mass is 501 g/mol. The number of hydrogen-bond donors (Lipinski definition) is 2. The number of halogens is 1. The second-order valence-electron chi connectivity index (χ2n) is 7.96. The molecule has 8 nitrogen and oxygen atoms in total. The van der Waals surface area contributed by atoms with Gasteiger partial charge in [0.15, 0.2) is 11.8 Å². The lowest BCUT2D eigenvalue weighted by molar-refractivity contribution is -0.135. The summed E-state index contributed by atoms with van der Waals surface area (Å²) in [5, 5.41) is 15.3. The number of nitrogens with zero attached hydrogens (tertiary/aromatic N) is 5. The zero-order chi connectivity index (χ0) is 18.6. The highest BCUT2D eigenvalue weighted by atomic mass is 127. The molecule has 0 bridgehead atoms. The Balaban J connectivity index is 0.00000225. The number of aryl methyl sites for hydroxylation is 1. The van der Waals surface area contributed by atoms with Gasteiger partial charge in [-0.15, -0.1) is 34.2 Å². The molecule has 2 aliphatic heterocycles. The van der Waals surface area contributed by atoms with Gasteiger partial charge in [0.2, 0.25) is 5.91 Å². The second-order valence-corrected chi connectivity index (χ2v) is 7.96. The lowest BCUT2D eigenvalue weighted by Crippen LogP contribution is -2.45. The van der Waals surface area contributed by atoms with E-state index in [1.165, 1.54) is 19.3 Å². The Morgan fingerprint density at radius 1 is 1.14 bits per heavy atom. The van der Waals surface area contributed by atoms with E-state index in [-0.39, 0.29) is 35.9 Å². The molecule has 1 aromatic heterocycles. The molecule has 1 aromatic rings. The SMILES string of the molecule is CN=C(NCc1nnc2n1CCC2)NC1CCN(C(=O)C2CCCCC2)C1.I. The van der Waals surface area contributed by atoms with Crippen molar-refractivity contribution >= 4 is 35.8 Å². The Kier molecular flexibility index (Phi) is 7.53. The van der Waals surface area contributed by atoms with Crippen LogP contribution in [0, 0.1) is 5.92 Å². The summed E-state index contributed by atoms with van der Waals surface area (Å²) in [6.07, 6.45) is 8.97. The van der Waals surface area contributed by atoms with E-state index in [0.717, 1.165) is 69.3 Å². The van der Waals surface area contributed by atoms with Gasteiger partial charge in [0.1, 0.15) is 5.82 Å². The summed E-state index contributed by atoms with van der Waals surface area (Å²) in [6, 6.07) is 0.257. The molecule has 0 radical (unpaired) electrons. The molecule has 156 valence electrons. The van der Waals surface area contributed by atoms with Crippen molar-refractivity contribution < 1.29 is 4.79 Å². The van der Waals surface area contributed by atoms with Gasteiger partial charge in [0.25, 0.3) is 0 Å². The molecule has 1 unspecified atom stereocenters. The van der Waals surface area contributed by atoms with Crippen LogP contribution in [0.15, 0.2) is 4.99 Å². The fraction of sp³-hybridized carbons (Fsp3) is 0.789. The van der Waals surface area contributed by atoms with Crippen molar-refractivity contribution in [1.82, 2.24) is 30.3 Å². The fourth-order valence-corrected chi connectivity index (χ4v) is 4.58. The third kappa shape index (κ3) is 4.77. The van der Waals surface area contributed by atoms with Crippen LogP contribution >= 0.6 is 24.0 Å². The quantitative estimate of drug-likeness (QED) is 0.373. The summed E-state index contributed by atoms with van der Waals surface area (Å²) in [4.78, 5) is 19.1. The number of hydrogen-bond acceptors (Lipinski definition) is 4. The molecule has 0 aromatic carbocycles. The first kappa shape index (κ1) is 21.3. The van der Waals surface area contributed by atoms with E-state index in [4.69, 9.17) is 0 Å². The molecule has 4 rings (SSSR count).